The van der Waals surface area contributed by atoms with Crippen molar-refractivity contribution < 1.29 is 24.2 Å². The van der Waals surface area contributed by atoms with Crippen LogP contribution in [0.2, 0.25) is 0 Å². The van der Waals surface area contributed by atoms with Gasteiger partial charge in [0.2, 0.25) is 0 Å². The normalized spacial score (nSPS) is 10.3. The fourth-order valence-corrected chi connectivity index (χ4v) is 2.14. The zero-order valence-electron chi connectivity index (χ0n) is 13.9. The van der Waals surface area contributed by atoms with Gasteiger partial charge in [0.05, 0.1) is 24.2 Å². The Morgan fingerprint density at radius 3 is 2.62 bits per heavy atom. The molecule has 0 unspecified atom stereocenters. The minimum atomic E-state index is -0.818. The Kier molecular flexibility index (Phi) is 5.08. The molecule has 0 fully saturated rings. The van der Waals surface area contributed by atoms with Crippen LogP contribution >= 0.6 is 0 Å². The van der Waals surface area contributed by atoms with Crippen molar-refractivity contribution >= 4 is 17.6 Å². The summed E-state index contributed by atoms with van der Waals surface area (Å²) in [6.45, 7) is 3.10. The van der Waals surface area contributed by atoms with Crippen LogP contribution in [0.3, 0.4) is 0 Å². The number of phenols is 1. The molecule has 0 bridgehead atoms. The van der Waals surface area contributed by atoms with Gasteiger partial charge in [-0.2, -0.15) is 5.10 Å². The van der Waals surface area contributed by atoms with Crippen LogP contribution < -0.4 is 10.1 Å². The summed E-state index contributed by atoms with van der Waals surface area (Å²) < 4.78 is 11.6. The lowest BCUT2D eigenvalue weighted by Crippen LogP contribution is -2.21. The van der Waals surface area contributed by atoms with Gasteiger partial charge in [-0.05, 0) is 32.0 Å². The van der Waals surface area contributed by atoms with Gasteiger partial charge in [0.25, 0.3) is 5.91 Å². The number of amides is 1. The monoisotopic (exact) mass is 333 g/mol. The number of carbonyl (C=O) groups excluding carboxylic acids is 2. The molecule has 2 rings (SSSR count). The number of rotatable bonds is 5. The van der Waals surface area contributed by atoms with Crippen molar-refractivity contribution in [3.8, 4) is 11.5 Å². The second-order valence-corrected chi connectivity index (χ2v) is 5.18. The summed E-state index contributed by atoms with van der Waals surface area (Å²) in [5, 5.41) is 16.5. The number of hydrogen-bond acceptors (Lipinski definition) is 6. The number of esters is 1. The fraction of sp³-hybridized carbons (Fsp3) is 0.312. The van der Waals surface area contributed by atoms with Crippen molar-refractivity contribution in [2.75, 3.05) is 19.0 Å². The largest absolute Gasteiger partial charge is 0.507 e. The SMILES string of the molecule is COc1ccc(O)c(C(=O)OCC(=O)Nc2c(C)nn(C)c2C)c1. The van der Waals surface area contributed by atoms with Gasteiger partial charge in [-0.1, -0.05) is 0 Å². The zero-order valence-corrected chi connectivity index (χ0v) is 13.9. The summed E-state index contributed by atoms with van der Waals surface area (Å²) in [7, 11) is 3.21. The molecule has 1 heterocycles. The molecule has 0 saturated heterocycles. The molecule has 8 nitrogen and oxygen atoms in total. The van der Waals surface area contributed by atoms with Crippen LogP contribution in [0.4, 0.5) is 5.69 Å². The number of aromatic nitrogens is 2. The van der Waals surface area contributed by atoms with Crippen LogP contribution in [0.5, 0.6) is 11.5 Å². The number of phenolic OH excluding ortho intramolecular Hbond substituents is 1. The fourth-order valence-electron chi connectivity index (χ4n) is 2.14. The third-order valence-electron chi connectivity index (χ3n) is 3.53. The van der Waals surface area contributed by atoms with E-state index in [9.17, 15) is 14.7 Å². The molecule has 1 amide bonds. The molecule has 0 aliphatic heterocycles. The third-order valence-corrected chi connectivity index (χ3v) is 3.53. The lowest BCUT2D eigenvalue weighted by Gasteiger charge is -2.09. The Morgan fingerprint density at radius 1 is 1.33 bits per heavy atom. The first-order valence-corrected chi connectivity index (χ1v) is 7.17. The number of nitrogens with zero attached hydrogens (tertiary/aromatic N) is 2. The molecular weight excluding hydrogens is 314 g/mol. The summed E-state index contributed by atoms with van der Waals surface area (Å²) in [5.41, 5.74) is 1.97. The average molecular weight is 333 g/mol. The molecule has 2 aromatic rings. The van der Waals surface area contributed by atoms with Crippen molar-refractivity contribution in [1.29, 1.82) is 0 Å². The van der Waals surface area contributed by atoms with Gasteiger partial charge in [-0.15, -0.1) is 0 Å². The van der Waals surface area contributed by atoms with Crippen molar-refractivity contribution in [3.05, 3.63) is 35.2 Å². The molecule has 0 spiro atoms. The predicted molar refractivity (Wildman–Crippen MR) is 86.3 cm³/mol. The van der Waals surface area contributed by atoms with Crippen LogP contribution in [0.25, 0.3) is 0 Å². The second kappa shape index (κ2) is 7.03. The Morgan fingerprint density at radius 2 is 2.04 bits per heavy atom. The Bertz CT molecular complexity index is 782. The molecule has 0 saturated carbocycles. The van der Waals surface area contributed by atoms with E-state index in [-0.39, 0.29) is 11.3 Å². The van der Waals surface area contributed by atoms with E-state index in [0.717, 1.165) is 5.69 Å². The number of methoxy groups -OCH3 is 1. The van der Waals surface area contributed by atoms with Crippen LogP contribution in [0.1, 0.15) is 21.7 Å². The van der Waals surface area contributed by atoms with Crippen molar-refractivity contribution in [3.63, 3.8) is 0 Å². The van der Waals surface area contributed by atoms with Crippen molar-refractivity contribution in [1.82, 2.24) is 9.78 Å². The topological polar surface area (TPSA) is 103 Å². The molecule has 0 aliphatic rings. The van der Waals surface area contributed by atoms with Crippen molar-refractivity contribution in [2.45, 2.75) is 13.8 Å². The first kappa shape index (κ1) is 17.3. The number of hydrogen-bond donors (Lipinski definition) is 2. The number of aromatic hydroxyl groups is 1. The summed E-state index contributed by atoms with van der Waals surface area (Å²) in [5.74, 6) is -1.17. The first-order valence-electron chi connectivity index (χ1n) is 7.17. The highest BCUT2D eigenvalue weighted by atomic mass is 16.5. The molecule has 1 aromatic heterocycles. The van der Waals surface area contributed by atoms with Gasteiger partial charge in [0.15, 0.2) is 6.61 Å². The number of anilines is 1. The maximum Gasteiger partial charge on any atom is 0.342 e. The molecule has 128 valence electrons. The predicted octanol–water partition coefficient (Wildman–Crippen LogP) is 1.55. The molecular formula is C16H19N3O5. The number of nitrogens with one attached hydrogen (secondary N) is 1. The minimum absolute atomic E-state index is 0.0733. The minimum Gasteiger partial charge on any atom is -0.507 e. The number of aryl methyl sites for hydroxylation is 2. The van der Waals surface area contributed by atoms with Gasteiger partial charge >= 0.3 is 5.97 Å². The van der Waals surface area contributed by atoms with Crippen LogP contribution in [0, 0.1) is 13.8 Å². The lowest BCUT2D eigenvalue weighted by atomic mass is 10.2. The van der Waals surface area contributed by atoms with Gasteiger partial charge in [0, 0.05) is 7.05 Å². The van der Waals surface area contributed by atoms with E-state index < -0.39 is 18.5 Å². The van der Waals surface area contributed by atoms with Gasteiger partial charge in [-0.25, -0.2) is 4.79 Å². The van der Waals surface area contributed by atoms with E-state index in [1.165, 1.54) is 25.3 Å². The summed E-state index contributed by atoms with van der Waals surface area (Å²) >= 11 is 0. The highest BCUT2D eigenvalue weighted by Crippen LogP contribution is 2.23. The van der Waals surface area contributed by atoms with Gasteiger partial charge in [0.1, 0.15) is 17.1 Å². The Balaban J connectivity index is 2.00. The first-order chi connectivity index (χ1) is 11.3. The number of ether oxygens (including phenoxy) is 2. The number of benzene rings is 1. The van der Waals surface area contributed by atoms with Gasteiger partial charge in [-0.3, -0.25) is 9.48 Å². The number of carbonyl (C=O) groups is 2. The standard InChI is InChI=1S/C16H19N3O5/c1-9-15(10(2)19(3)18-9)17-14(21)8-24-16(22)12-7-11(23-4)5-6-13(12)20/h5-7,20H,8H2,1-4H3,(H,17,21). The molecule has 1 aromatic carbocycles. The van der Waals surface area contributed by atoms with Crippen LogP contribution in [-0.2, 0) is 16.6 Å². The van der Waals surface area contributed by atoms with Crippen LogP contribution in [0.15, 0.2) is 18.2 Å². The quantitative estimate of drug-likeness (QED) is 0.805. The Hall–Kier alpha value is -3.03. The molecule has 2 N–H and O–H groups in total. The van der Waals surface area contributed by atoms with E-state index >= 15 is 0 Å². The molecule has 24 heavy (non-hydrogen) atoms. The van der Waals surface area contributed by atoms with Crippen LogP contribution in [-0.4, -0.2) is 40.5 Å². The maximum atomic E-state index is 12.0. The summed E-state index contributed by atoms with van der Waals surface area (Å²) in [6, 6.07) is 4.16. The third kappa shape index (κ3) is 3.65. The van der Waals surface area contributed by atoms with Gasteiger partial charge < -0.3 is 19.9 Å². The second-order valence-electron chi connectivity index (χ2n) is 5.18. The lowest BCUT2D eigenvalue weighted by molar-refractivity contribution is -0.119. The maximum absolute atomic E-state index is 12.0. The summed E-state index contributed by atoms with van der Waals surface area (Å²) in [4.78, 5) is 24.0. The molecule has 0 radical (unpaired) electrons. The zero-order chi connectivity index (χ0) is 17.9. The Labute approximate surface area is 139 Å². The van der Waals surface area contributed by atoms with E-state index in [1.807, 2.05) is 6.92 Å². The summed E-state index contributed by atoms with van der Waals surface area (Å²) in [6.07, 6.45) is 0. The molecule has 8 heteroatoms. The van der Waals surface area contributed by atoms with E-state index in [1.54, 1.807) is 18.7 Å². The van der Waals surface area contributed by atoms with E-state index in [0.29, 0.717) is 17.1 Å². The van der Waals surface area contributed by atoms with Crippen molar-refractivity contribution in [2.24, 2.45) is 7.05 Å². The molecule has 0 atom stereocenters. The average Bonchev–Trinajstić information content (AvgIpc) is 2.79. The van der Waals surface area contributed by atoms with E-state index in [4.69, 9.17) is 9.47 Å². The van der Waals surface area contributed by atoms with E-state index in [2.05, 4.69) is 10.4 Å². The molecule has 0 aliphatic carbocycles. The highest BCUT2D eigenvalue weighted by molar-refractivity contribution is 5.97. The highest BCUT2D eigenvalue weighted by Gasteiger charge is 2.17. The smallest absolute Gasteiger partial charge is 0.342 e.